The summed E-state index contributed by atoms with van der Waals surface area (Å²) < 4.78 is 2.79. The average molecular weight is 428 g/mol. The van der Waals surface area contributed by atoms with Crippen molar-refractivity contribution in [2.24, 2.45) is 5.10 Å². The minimum Gasteiger partial charge on any atom is -0.308 e. The van der Waals surface area contributed by atoms with Crippen LogP contribution in [0.5, 0.6) is 0 Å². The Morgan fingerprint density at radius 2 is 2.22 bits per heavy atom. The summed E-state index contributed by atoms with van der Waals surface area (Å²) in [5, 5.41) is 15.2. The number of aryl methyl sites for hydroxylation is 1. The van der Waals surface area contributed by atoms with E-state index in [1.165, 1.54) is 6.20 Å². The lowest BCUT2D eigenvalue weighted by molar-refractivity contribution is 0.102. The molecule has 8 nitrogen and oxygen atoms in total. The molecule has 0 radical (unpaired) electrons. The molecule has 4 rings (SSSR count). The van der Waals surface area contributed by atoms with Gasteiger partial charge in [0.2, 0.25) is 5.95 Å². The number of hydrazone groups is 1. The van der Waals surface area contributed by atoms with Crippen LogP contribution in [0, 0.1) is 6.92 Å². The van der Waals surface area contributed by atoms with Gasteiger partial charge in [0.15, 0.2) is 0 Å². The summed E-state index contributed by atoms with van der Waals surface area (Å²) in [5.41, 5.74) is 5.84. The highest BCUT2D eigenvalue weighted by atomic mass is 79.9. The molecule has 1 aliphatic rings. The quantitative estimate of drug-likeness (QED) is 0.654. The van der Waals surface area contributed by atoms with E-state index in [1.807, 2.05) is 22.8 Å². The Kier molecular flexibility index (Phi) is 4.85. The Morgan fingerprint density at radius 1 is 1.33 bits per heavy atom. The van der Waals surface area contributed by atoms with Crippen LogP contribution in [-0.4, -0.2) is 38.0 Å². The van der Waals surface area contributed by atoms with Gasteiger partial charge in [-0.2, -0.15) is 15.3 Å². The van der Waals surface area contributed by atoms with Gasteiger partial charge in [0.05, 0.1) is 28.5 Å². The molecular weight excluding hydrogens is 410 g/mol. The van der Waals surface area contributed by atoms with Gasteiger partial charge in [-0.25, -0.2) is 4.98 Å². The van der Waals surface area contributed by atoms with Gasteiger partial charge < -0.3 is 5.43 Å². The number of carbonyl (C=O) groups excluding carboxylic acids is 1. The number of amides is 1. The number of nitrogens with zero attached hydrogens (tertiary/aromatic N) is 5. The average Bonchev–Trinajstić information content (AvgIpc) is 2.83. The number of benzene rings is 1. The molecule has 0 saturated heterocycles. The van der Waals surface area contributed by atoms with E-state index in [9.17, 15) is 4.79 Å². The Balaban J connectivity index is 1.80. The second-order valence-electron chi connectivity index (χ2n) is 6.31. The monoisotopic (exact) mass is 427 g/mol. The van der Waals surface area contributed by atoms with Gasteiger partial charge in [-0.1, -0.05) is 6.07 Å². The number of halogens is 1. The molecule has 1 aliphatic heterocycles. The SMILES string of the molecule is Cc1cc(C(=O)Nc2nc3cccc(Br)c3n2C2=NNCCCC2)cnn1. The summed E-state index contributed by atoms with van der Waals surface area (Å²) in [7, 11) is 0. The van der Waals surface area contributed by atoms with Crippen LogP contribution in [0.15, 0.2) is 40.0 Å². The van der Waals surface area contributed by atoms with E-state index in [4.69, 9.17) is 0 Å². The van der Waals surface area contributed by atoms with E-state index in [1.54, 1.807) is 13.0 Å². The standard InChI is InChI=1S/C18H18BrN7O/c1-11-9-12(10-21-24-11)17(27)23-18-22-14-6-4-5-13(19)16(14)26(18)15-7-2-3-8-20-25-15/h4-6,9-10,20H,2-3,7-8H2,1H3,(H,22,23,27). The van der Waals surface area contributed by atoms with Crippen molar-refractivity contribution in [3.63, 3.8) is 0 Å². The van der Waals surface area contributed by atoms with Crippen molar-refractivity contribution in [1.82, 2.24) is 25.2 Å². The third-order valence-electron chi connectivity index (χ3n) is 4.30. The predicted molar refractivity (Wildman–Crippen MR) is 107 cm³/mol. The summed E-state index contributed by atoms with van der Waals surface area (Å²) in [4.78, 5) is 17.4. The first kappa shape index (κ1) is 17.6. The van der Waals surface area contributed by atoms with E-state index in [0.29, 0.717) is 17.2 Å². The first-order valence-electron chi connectivity index (χ1n) is 8.71. The Labute approximate surface area is 164 Å². The fourth-order valence-corrected chi connectivity index (χ4v) is 3.58. The number of hydrogen-bond donors (Lipinski definition) is 2. The van der Waals surface area contributed by atoms with Crippen molar-refractivity contribution < 1.29 is 4.79 Å². The molecule has 27 heavy (non-hydrogen) atoms. The van der Waals surface area contributed by atoms with Gasteiger partial charge in [0.1, 0.15) is 5.84 Å². The Morgan fingerprint density at radius 3 is 3.07 bits per heavy atom. The zero-order valence-corrected chi connectivity index (χ0v) is 16.3. The van der Waals surface area contributed by atoms with Crippen molar-refractivity contribution >= 4 is 44.7 Å². The second-order valence-corrected chi connectivity index (χ2v) is 7.17. The number of anilines is 1. The summed E-state index contributed by atoms with van der Waals surface area (Å²) in [6.45, 7) is 2.63. The molecule has 3 aromatic rings. The number of hydrogen-bond acceptors (Lipinski definition) is 6. The first-order chi connectivity index (χ1) is 13.1. The lowest BCUT2D eigenvalue weighted by Crippen LogP contribution is -2.21. The number of nitrogens with one attached hydrogen (secondary N) is 2. The molecule has 0 saturated carbocycles. The lowest BCUT2D eigenvalue weighted by Gasteiger charge is -2.12. The fraction of sp³-hybridized carbons (Fsp3) is 0.278. The van der Waals surface area contributed by atoms with Crippen molar-refractivity contribution in [2.75, 3.05) is 11.9 Å². The zero-order chi connectivity index (χ0) is 18.8. The van der Waals surface area contributed by atoms with Crippen LogP contribution >= 0.6 is 15.9 Å². The Hall–Kier alpha value is -2.81. The molecule has 3 heterocycles. The van der Waals surface area contributed by atoms with Crippen molar-refractivity contribution in [2.45, 2.75) is 26.2 Å². The van der Waals surface area contributed by atoms with Gasteiger partial charge >= 0.3 is 0 Å². The minimum absolute atomic E-state index is 0.289. The third-order valence-corrected chi connectivity index (χ3v) is 4.94. The van der Waals surface area contributed by atoms with Gasteiger partial charge in [0, 0.05) is 17.4 Å². The number of fused-ring (bicyclic) bond motifs is 1. The molecule has 0 aliphatic carbocycles. The number of imidazole rings is 1. The van der Waals surface area contributed by atoms with Gasteiger partial charge in [-0.15, -0.1) is 0 Å². The summed E-state index contributed by atoms with van der Waals surface area (Å²) in [6.07, 6.45) is 4.29. The maximum Gasteiger partial charge on any atom is 0.259 e. The summed E-state index contributed by atoms with van der Waals surface area (Å²) in [6, 6.07) is 7.47. The predicted octanol–water partition coefficient (Wildman–Crippen LogP) is 3.08. The van der Waals surface area contributed by atoms with Crippen molar-refractivity contribution in [1.29, 1.82) is 0 Å². The molecule has 2 N–H and O–H groups in total. The van der Waals surface area contributed by atoms with Crippen LogP contribution in [0.25, 0.3) is 11.0 Å². The van der Waals surface area contributed by atoms with Crippen molar-refractivity contribution in [3.8, 4) is 0 Å². The van der Waals surface area contributed by atoms with Crippen LogP contribution in [0.2, 0.25) is 0 Å². The second kappa shape index (κ2) is 7.43. The molecule has 0 unspecified atom stereocenters. The third kappa shape index (κ3) is 3.55. The summed E-state index contributed by atoms with van der Waals surface area (Å²) >= 11 is 3.60. The van der Waals surface area contributed by atoms with Crippen LogP contribution in [0.1, 0.15) is 35.3 Å². The minimum atomic E-state index is -0.289. The zero-order valence-electron chi connectivity index (χ0n) is 14.7. The van der Waals surface area contributed by atoms with Crippen molar-refractivity contribution in [3.05, 3.63) is 46.2 Å². The molecule has 0 atom stereocenters. The molecule has 2 aromatic heterocycles. The number of rotatable bonds is 2. The van der Waals surface area contributed by atoms with Crippen LogP contribution < -0.4 is 10.7 Å². The van der Waals surface area contributed by atoms with Crippen LogP contribution in [-0.2, 0) is 0 Å². The van der Waals surface area contributed by atoms with E-state index < -0.39 is 0 Å². The lowest BCUT2D eigenvalue weighted by atomic mass is 10.2. The molecule has 1 aromatic carbocycles. The number of carbonyl (C=O) groups is 1. The van der Waals surface area contributed by atoms with Crippen LogP contribution in [0.3, 0.4) is 0 Å². The van der Waals surface area contributed by atoms with E-state index in [-0.39, 0.29) is 5.91 Å². The Bertz CT molecular complexity index is 1040. The molecule has 1 amide bonds. The number of aromatic nitrogens is 4. The van der Waals surface area contributed by atoms with E-state index in [0.717, 1.165) is 47.1 Å². The van der Waals surface area contributed by atoms with Crippen LogP contribution in [0.4, 0.5) is 5.95 Å². The molecule has 0 spiro atoms. The molecule has 9 heteroatoms. The first-order valence-corrected chi connectivity index (χ1v) is 9.50. The summed E-state index contributed by atoms with van der Waals surface area (Å²) in [5.74, 6) is 0.961. The van der Waals surface area contributed by atoms with E-state index >= 15 is 0 Å². The smallest absolute Gasteiger partial charge is 0.259 e. The molecular formula is C18H18BrN7O. The maximum absolute atomic E-state index is 12.7. The van der Waals surface area contributed by atoms with Gasteiger partial charge in [-0.3, -0.25) is 14.7 Å². The normalized spacial score (nSPS) is 14.4. The largest absolute Gasteiger partial charge is 0.308 e. The molecule has 0 bridgehead atoms. The maximum atomic E-state index is 12.7. The topological polar surface area (TPSA) is 97.1 Å². The van der Waals surface area contributed by atoms with Gasteiger partial charge in [-0.05, 0) is 53.9 Å². The van der Waals surface area contributed by atoms with Gasteiger partial charge in [0.25, 0.3) is 5.91 Å². The molecule has 0 fully saturated rings. The molecule has 138 valence electrons. The highest BCUT2D eigenvalue weighted by Crippen LogP contribution is 2.28. The fourth-order valence-electron chi connectivity index (χ4n) is 3.04. The van der Waals surface area contributed by atoms with E-state index in [2.05, 4.69) is 47.0 Å². The number of para-hydroxylation sites is 1. The highest BCUT2D eigenvalue weighted by Gasteiger charge is 2.21. The highest BCUT2D eigenvalue weighted by molar-refractivity contribution is 9.10.